The van der Waals surface area contributed by atoms with Crippen molar-refractivity contribution in [1.82, 2.24) is 10.8 Å². The van der Waals surface area contributed by atoms with Gasteiger partial charge in [0.1, 0.15) is 18.0 Å². The molecule has 0 aliphatic heterocycles. The van der Waals surface area contributed by atoms with Gasteiger partial charge in [-0.3, -0.25) is 5.32 Å². The maximum Gasteiger partial charge on any atom is 0.341 e. The molecule has 0 heterocycles. The van der Waals surface area contributed by atoms with Crippen LogP contribution in [0.25, 0.3) is 11.1 Å². The molecule has 0 spiro atoms. The number of hydrogen-bond acceptors (Lipinski definition) is 6. The maximum absolute atomic E-state index is 13.3. The van der Waals surface area contributed by atoms with Crippen molar-refractivity contribution >= 4 is 5.97 Å². The molecule has 5 rings (SSSR count). The summed E-state index contributed by atoms with van der Waals surface area (Å²) in [6.45, 7) is 12.2. The predicted molar refractivity (Wildman–Crippen MR) is 172 cm³/mol. The molecule has 0 fully saturated rings. The van der Waals surface area contributed by atoms with Crippen molar-refractivity contribution in [3.63, 3.8) is 0 Å². The van der Waals surface area contributed by atoms with Crippen LogP contribution in [0.3, 0.4) is 0 Å². The lowest BCUT2D eigenvalue weighted by Crippen LogP contribution is -2.29. The maximum atomic E-state index is 13.3. The van der Waals surface area contributed by atoms with Crippen molar-refractivity contribution in [2.75, 3.05) is 33.5 Å². The number of carbonyl (C=O) groups excluding carboxylic acids is 1. The van der Waals surface area contributed by atoms with Crippen molar-refractivity contribution in [2.45, 2.75) is 46.5 Å². The van der Waals surface area contributed by atoms with Gasteiger partial charge in [-0.05, 0) is 97.8 Å². The van der Waals surface area contributed by atoms with Crippen molar-refractivity contribution in [1.29, 1.82) is 0 Å². The third-order valence-electron chi connectivity index (χ3n) is 8.22. The topological polar surface area (TPSA) is 68.8 Å². The average molecular weight is 579 g/mol. The Balaban J connectivity index is 1.79. The lowest BCUT2D eigenvalue weighted by Gasteiger charge is -2.35. The second kappa shape index (κ2) is 13.1. The molecule has 2 N–H and O–H groups in total. The van der Waals surface area contributed by atoms with Gasteiger partial charge in [0.2, 0.25) is 0 Å². The molecule has 6 nitrogen and oxygen atoms in total. The van der Waals surface area contributed by atoms with Crippen molar-refractivity contribution in [3.05, 3.63) is 123 Å². The van der Waals surface area contributed by atoms with Crippen LogP contribution < -0.4 is 15.5 Å². The van der Waals surface area contributed by atoms with E-state index < -0.39 is 11.4 Å². The normalized spacial score (nSPS) is 13.0. The van der Waals surface area contributed by atoms with E-state index in [0.717, 1.165) is 24.1 Å². The van der Waals surface area contributed by atoms with Gasteiger partial charge in [-0.2, -0.15) is 0 Å². The Hall–Kier alpha value is -3.97. The predicted octanol–water partition coefficient (Wildman–Crippen LogP) is 6.79. The van der Waals surface area contributed by atoms with Gasteiger partial charge in [0.25, 0.3) is 0 Å². The van der Waals surface area contributed by atoms with Gasteiger partial charge in [0, 0.05) is 6.54 Å². The summed E-state index contributed by atoms with van der Waals surface area (Å²) < 4.78 is 11.5. The monoisotopic (exact) mass is 578 g/mol. The first-order valence-electron chi connectivity index (χ1n) is 15.1. The highest BCUT2D eigenvalue weighted by atomic mass is 16.6. The van der Waals surface area contributed by atoms with Gasteiger partial charge in [0.05, 0.1) is 18.6 Å². The number of ether oxygens (including phenoxy) is 2. The minimum Gasteiger partial charge on any atom is -0.477 e. The minimum atomic E-state index is -0.658. The molecule has 0 saturated carbocycles. The molecule has 0 atom stereocenters. The first-order valence-corrected chi connectivity index (χ1v) is 15.1. The number of nitrogens with one attached hydrogen (secondary N) is 2. The molecule has 0 unspecified atom stereocenters. The van der Waals surface area contributed by atoms with Crippen LogP contribution in [0.1, 0.15) is 68.7 Å². The Bertz CT molecular complexity index is 1580. The van der Waals surface area contributed by atoms with E-state index in [0.29, 0.717) is 17.9 Å². The molecular weight excluding hydrogens is 536 g/mol. The van der Waals surface area contributed by atoms with E-state index in [-0.39, 0.29) is 13.3 Å². The van der Waals surface area contributed by atoms with E-state index >= 15 is 0 Å². The van der Waals surface area contributed by atoms with E-state index in [2.05, 4.69) is 92.2 Å². The fourth-order valence-electron chi connectivity index (χ4n) is 6.29. The Morgan fingerprint density at radius 3 is 2.07 bits per heavy atom. The van der Waals surface area contributed by atoms with Gasteiger partial charge in [0.15, 0.2) is 0 Å². The molecule has 0 radical (unpaired) electrons. The summed E-state index contributed by atoms with van der Waals surface area (Å²) in [5.41, 5.74) is 14.5. The number of hydroxylamine groups is 1. The van der Waals surface area contributed by atoms with Gasteiger partial charge in [-0.15, -0.1) is 0 Å². The Labute approximate surface area is 255 Å². The highest BCUT2D eigenvalue weighted by molar-refractivity contribution is 5.94. The van der Waals surface area contributed by atoms with E-state index in [1.165, 1.54) is 44.5 Å². The van der Waals surface area contributed by atoms with Crippen molar-refractivity contribution in [2.24, 2.45) is 0 Å². The molecular formula is C37H42N2O4. The zero-order chi connectivity index (χ0) is 30.6. The van der Waals surface area contributed by atoms with Crippen LogP contribution in [0, 0.1) is 20.8 Å². The van der Waals surface area contributed by atoms with Crippen LogP contribution in [0.5, 0.6) is 5.75 Å². The van der Waals surface area contributed by atoms with Crippen molar-refractivity contribution < 1.29 is 19.1 Å². The summed E-state index contributed by atoms with van der Waals surface area (Å²) >= 11 is 0. The third kappa shape index (κ3) is 5.70. The number of aryl methyl sites for hydroxylation is 3. The molecule has 0 aromatic heterocycles. The molecule has 4 aromatic rings. The number of rotatable bonds is 12. The Morgan fingerprint density at radius 2 is 1.47 bits per heavy atom. The zero-order valence-electron chi connectivity index (χ0n) is 26.1. The summed E-state index contributed by atoms with van der Waals surface area (Å²) in [5.74, 6) is 0.0931. The standard InChI is InChI=1S/C37H42N2O4/c1-7-39-43-18-17-27-11-12-28(21-26(27)5)37(29-13-16-35(42-23-38-6)32(22-29)36(40)41-8-2)33-19-24(3)9-14-30(33)31-15-10-25(4)20-34(31)37/h9-16,19-22,38-39H,7-8,17-18,23H2,1-6H3. The third-order valence-corrected chi connectivity index (χ3v) is 8.22. The van der Waals surface area contributed by atoms with Gasteiger partial charge in [-0.25, -0.2) is 10.3 Å². The molecule has 0 amide bonds. The van der Waals surface area contributed by atoms with E-state index in [1.54, 1.807) is 0 Å². The van der Waals surface area contributed by atoms with Crippen molar-refractivity contribution in [3.8, 4) is 16.9 Å². The van der Waals surface area contributed by atoms with Gasteiger partial charge >= 0.3 is 5.97 Å². The summed E-state index contributed by atoms with van der Waals surface area (Å²) in [6, 6.07) is 26.2. The number of hydrogen-bond donors (Lipinski definition) is 2. The van der Waals surface area contributed by atoms with Crippen LogP contribution in [0.2, 0.25) is 0 Å². The first-order chi connectivity index (χ1) is 20.8. The number of esters is 1. The van der Waals surface area contributed by atoms with Crippen LogP contribution in [-0.4, -0.2) is 39.5 Å². The molecule has 224 valence electrons. The Kier molecular flexibility index (Phi) is 9.31. The summed E-state index contributed by atoms with van der Waals surface area (Å²) in [7, 11) is 1.81. The average Bonchev–Trinajstić information content (AvgIpc) is 3.28. The van der Waals surface area contributed by atoms with E-state index in [1.807, 2.05) is 33.0 Å². The van der Waals surface area contributed by atoms with E-state index in [4.69, 9.17) is 14.3 Å². The fraction of sp³-hybridized carbons (Fsp3) is 0.324. The highest BCUT2D eigenvalue weighted by Crippen LogP contribution is 2.57. The van der Waals surface area contributed by atoms with Crippen LogP contribution in [-0.2, 0) is 21.4 Å². The quantitative estimate of drug-likeness (QED) is 0.0735. The van der Waals surface area contributed by atoms with Gasteiger partial charge < -0.3 is 14.3 Å². The van der Waals surface area contributed by atoms with Crippen LogP contribution in [0.15, 0.2) is 72.8 Å². The SMILES string of the molecule is CCNOCCc1ccc(C2(c3ccc(OCNC)c(C(=O)OCC)c3)c3cc(C)ccc3-c3ccc(C)cc32)cc1C. The molecule has 1 aliphatic rings. The second-order valence-corrected chi connectivity index (χ2v) is 11.2. The minimum absolute atomic E-state index is 0.277. The van der Waals surface area contributed by atoms with Gasteiger partial charge in [-0.1, -0.05) is 78.7 Å². The molecule has 43 heavy (non-hydrogen) atoms. The number of carbonyl (C=O) groups is 1. The number of benzene rings is 4. The zero-order valence-corrected chi connectivity index (χ0v) is 26.1. The largest absolute Gasteiger partial charge is 0.477 e. The molecule has 4 aromatic carbocycles. The summed E-state index contributed by atoms with van der Waals surface area (Å²) in [5, 5.41) is 3.00. The molecule has 0 bridgehead atoms. The highest BCUT2D eigenvalue weighted by Gasteiger charge is 2.47. The number of fused-ring (bicyclic) bond motifs is 3. The fourth-order valence-corrected chi connectivity index (χ4v) is 6.29. The second-order valence-electron chi connectivity index (χ2n) is 11.2. The first kappa shape index (κ1) is 30.5. The van der Waals surface area contributed by atoms with E-state index in [9.17, 15) is 4.79 Å². The van der Waals surface area contributed by atoms with Crippen LogP contribution in [0.4, 0.5) is 0 Å². The lowest BCUT2D eigenvalue weighted by molar-refractivity contribution is 0.0468. The molecule has 1 aliphatic carbocycles. The summed E-state index contributed by atoms with van der Waals surface area (Å²) in [4.78, 5) is 18.9. The molecule has 0 saturated heterocycles. The van der Waals surface area contributed by atoms with Crippen LogP contribution >= 0.6 is 0 Å². The Morgan fingerprint density at radius 1 is 0.814 bits per heavy atom. The lowest BCUT2D eigenvalue weighted by atomic mass is 9.66. The summed E-state index contributed by atoms with van der Waals surface area (Å²) in [6.07, 6.45) is 0.808. The smallest absolute Gasteiger partial charge is 0.341 e. The molecule has 6 heteroatoms.